The summed E-state index contributed by atoms with van der Waals surface area (Å²) in [5.41, 5.74) is 4.20. The van der Waals surface area contributed by atoms with Gasteiger partial charge >= 0.3 is 0 Å². The number of imidazole rings is 1. The number of rotatable bonds is 4. The number of nitrogens with zero attached hydrogens (tertiary/aromatic N) is 3. The molecule has 0 aliphatic heterocycles. The Hall–Kier alpha value is -2.38. The van der Waals surface area contributed by atoms with Gasteiger partial charge in [0.2, 0.25) is 0 Å². The summed E-state index contributed by atoms with van der Waals surface area (Å²) in [5.74, 6) is 1.22. The number of aromatic nitrogens is 4. The Balaban J connectivity index is 1.61. The molecule has 0 saturated heterocycles. The number of nitrogens with one attached hydrogen (secondary N) is 1. The molecule has 1 N–H and O–H groups in total. The first-order valence-electron chi connectivity index (χ1n) is 7.81. The highest BCUT2D eigenvalue weighted by Gasteiger charge is 2.10. The maximum absolute atomic E-state index is 12.1. The van der Waals surface area contributed by atoms with Crippen LogP contribution >= 0.6 is 23.1 Å². The molecule has 0 radical (unpaired) electrons. The van der Waals surface area contributed by atoms with Crippen molar-refractivity contribution in [2.45, 2.75) is 24.8 Å². The van der Waals surface area contributed by atoms with Crippen molar-refractivity contribution in [2.75, 3.05) is 0 Å². The van der Waals surface area contributed by atoms with Crippen LogP contribution in [0, 0.1) is 13.8 Å². The summed E-state index contributed by atoms with van der Waals surface area (Å²) < 4.78 is 2.73. The standard InChI is InChI=1S/C18H16N4OS2/c1-11-7-12(2)9-13(8-11)22-5-4-19-18(22)25-10-15-20-14-3-6-24-16(14)17(23)21-15/h3-9H,10H2,1-2H3,(H,20,21,23). The number of thioether (sulfide) groups is 1. The molecule has 0 atom stereocenters. The molecule has 3 heterocycles. The molecule has 4 rings (SSSR count). The highest BCUT2D eigenvalue weighted by molar-refractivity contribution is 7.98. The average molecular weight is 368 g/mol. The summed E-state index contributed by atoms with van der Waals surface area (Å²) in [6.07, 6.45) is 3.74. The quantitative estimate of drug-likeness (QED) is 0.551. The van der Waals surface area contributed by atoms with E-state index in [1.807, 2.05) is 17.6 Å². The van der Waals surface area contributed by atoms with Crippen LogP contribution in [0.2, 0.25) is 0 Å². The minimum Gasteiger partial charge on any atom is -0.309 e. The highest BCUT2D eigenvalue weighted by atomic mass is 32.2. The fourth-order valence-electron chi connectivity index (χ4n) is 2.81. The molecular weight excluding hydrogens is 352 g/mol. The van der Waals surface area contributed by atoms with Gasteiger partial charge in [0.25, 0.3) is 5.56 Å². The van der Waals surface area contributed by atoms with Crippen LogP contribution in [0.1, 0.15) is 17.0 Å². The van der Waals surface area contributed by atoms with Gasteiger partial charge in [0.1, 0.15) is 10.5 Å². The second-order valence-electron chi connectivity index (χ2n) is 5.86. The predicted octanol–water partition coefficient (Wildman–Crippen LogP) is 4.08. The molecule has 0 fully saturated rings. The van der Waals surface area contributed by atoms with Crippen LogP contribution < -0.4 is 5.56 Å². The number of aryl methyl sites for hydroxylation is 2. The second-order valence-corrected chi connectivity index (χ2v) is 7.72. The van der Waals surface area contributed by atoms with Crippen molar-refractivity contribution in [3.8, 4) is 5.69 Å². The van der Waals surface area contributed by atoms with E-state index in [2.05, 4.69) is 51.6 Å². The van der Waals surface area contributed by atoms with E-state index in [0.29, 0.717) is 16.3 Å². The van der Waals surface area contributed by atoms with Gasteiger partial charge in [-0.1, -0.05) is 17.8 Å². The summed E-state index contributed by atoms with van der Waals surface area (Å²) in [6, 6.07) is 8.30. The normalized spacial score (nSPS) is 11.3. The number of hydrogen-bond donors (Lipinski definition) is 1. The molecule has 0 amide bonds. The van der Waals surface area contributed by atoms with Crippen LogP contribution in [-0.4, -0.2) is 19.5 Å². The molecule has 4 aromatic rings. The summed E-state index contributed by atoms with van der Waals surface area (Å²) in [7, 11) is 0. The lowest BCUT2D eigenvalue weighted by molar-refractivity contribution is 0.889. The van der Waals surface area contributed by atoms with E-state index in [1.54, 1.807) is 18.0 Å². The van der Waals surface area contributed by atoms with Gasteiger partial charge in [-0.15, -0.1) is 11.3 Å². The van der Waals surface area contributed by atoms with Crippen LogP contribution in [0.3, 0.4) is 0 Å². The molecule has 0 aliphatic rings. The van der Waals surface area contributed by atoms with Crippen LogP contribution in [-0.2, 0) is 5.75 Å². The molecule has 126 valence electrons. The maximum Gasteiger partial charge on any atom is 0.268 e. The molecule has 1 aromatic carbocycles. The Kier molecular flexibility index (Phi) is 4.19. The molecule has 0 bridgehead atoms. The molecule has 0 spiro atoms. The molecule has 5 nitrogen and oxygen atoms in total. The Bertz CT molecular complexity index is 1090. The van der Waals surface area contributed by atoms with Crippen LogP contribution in [0.4, 0.5) is 0 Å². The fourth-order valence-corrected chi connectivity index (χ4v) is 4.37. The van der Waals surface area contributed by atoms with Gasteiger partial charge < -0.3 is 4.98 Å². The minimum atomic E-state index is -0.0757. The SMILES string of the molecule is Cc1cc(C)cc(-n2ccnc2SCc2nc3ccsc3c(=O)[nH]2)c1. The molecule has 3 aromatic heterocycles. The Morgan fingerprint density at radius 2 is 2.04 bits per heavy atom. The smallest absolute Gasteiger partial charge is 0.268 e. The van der Waals surface area contributed by atoms with E-state index in [1.165, 1.54) is 22.5 Å². The van der Waals surface area contributed by atoms with Gasteiger partial charge in [0.15, 0.2) is 5.16 Å². The third-order valence-electron chi connectivity index (χ3n) is 3.79. The Labute approximate surface area is 152 Å². The van der Waals surface area contributed by atoms with E-state index < -0.39 is 0 Å². The summed E-state index contributed by atoms with van der Waals surface area (Å²) in [6.45, 7) is 4.18. The third-order valence-corrected chi connectivity index (χ3v) is 5.67. The van der Waals surface area contributed by atoms with Crippen molar-refractivity contribution < 1.29 is 0 Å². The Morgan fingerprint density at radius 1 is 1.24 bits per heavy atom. The van der Waals surface area contributed by atoms with Crippen LogP contribution in [0.5, 0.6) is 0 Å². The lowest BCUT2D eigenvalue weighted by Gasteiger charge is -2.09. The lowest BCUT2D eigenvalue weighted by Crippen LogP contribution is -2.09. The molecule has 7 heteroatoms. The van der Waals surface area contributed by atoms with Crippen molar-refractivity contribution >= 4 is 33.3 Å². The first-order chi connectivity index (χ1) is 12.1. The van der Waals surface area contributed by atoms with Crippen molar-refractivity contribution in [3.05, 3.63) is 69.3 Å². The van der Waals surface area contributed by atoms with Crippen molar-refractivity contribution in [3.63, 3.8) is 0 Å². The van der Waals surface area contributed by atoms with Gasteiger partial charge in [-0.25, -0.2) is 9.97 Å². The largest absolute Gasteiger partial charge is 0.309 e. The first kappa shape index (κ1) is 16.1. The van der Waals surface area contributed by atoms with Gasteiger partial charge in [-0.3, -0.25) is 9.36 Å². The second kappa shape index (κ2) is 6.50. The van der Waals surface area contributed by atoms with E-state index in [4.69, 9.17) is 0 Å². The van der Waals surface area contributed by atoms with Crippen LogP contribution in [0.15, 0.2) is 52.0 Å². The highest BCUT2D eigenvalue weighted by Crippen LogP contribution is 2.24. The zero-order chi connectivity index (χ0) is 17.4. The molecule has 0 aliphatic carbocycles. The topological polar surface area (TPSA) is 63.6 Å². The van der Waals surface area contributed by atoms with Gasteiger partial charge in [0.05, 0.1) is 11.3 Å². The van der Waals surface area contributed by atoms with E-state index >= 15 is 0 Å². The van der Waals surface area contributed by atoms with Crippen molar-refractivity contribution in [2.24, 2.45) is 0 Å². The fraction of sp³-hybridized carbons (Fsp3) is 0.167. The molecule has 25 heavy (non-hydrogen) atoms. The van der Waals surface area contributed by atoms with Gasteiger partial charge in [0, 0.05) is 18.1 Å². The summed E-state index contributed by atoms with van der Waals surface area (Å²) in [4.78, 5) is 23.9. The summed E-state index contributed by atoms with van der Waals surface area (Å²) in [5, 5.41) is 2.76. The average Bonchev–Trinajstić information content (AvgIpc) is 3.21. The minimum absolute atomic E-state index is 0.0757. The summed E-state index contributed by atoms with van der Waals surface area (Å²) >= 11 is 2.97. The lowest BCUT2D eigenvalue weighted by atomic mass is 10.1. The van der Waals surface area contributed by atoms with E-state index in [-0.39, 0.29) is 5.56 Å². The third kappa shape index (κ3) is 3.25. The van der Waals surface area contributed by atoms with Gasteiger partial charge in [-0.05, 0) is 48.6 Å². The molecule has 0 saturated carbocycles. The first-order valence-corrected chi connectivity index (χ1v) is 9.68. The van der Waals surface area contributed by atoms with Crippen molar-refractivity contribution in [1.29, 1.82) is 0 Å². The number of aromatic amines is 1. The van der Waals surface area contributed by atoms with Crippen LogP contribution in [0.25, 0.3) is 15.9 Å². The number of thiophene rings is 1. The number of benzene rings is 1. The zero-order valence-corrected chi connectivity index (χ0v) is 15.4. The van der Waals surface area contributed by atoms with E-state index in [9.17, 15) is 4.79 Å². The van der Waals surface area contributed by atoms with E-state index in [0.717, 1.165) is 16.4 Å². The number of fused-ring (bicyclic) bond motifs is 1. The number of hydrogen-bond acceptors (Lipinski definition) is 5. The maximum atomic E-state index is 12.1. The number of H-pyrrole nitrogens is 1. The molecule has 0 unspecified atom stereocenters. The predicted molar refractivity (Wildman–Crippen MR) is 103 cm³/mol. The van der Waals surface area contributed by atoms with Crippen molar-refractivity contribution in [1.82, 2.24) is 19.5 Å². The van der Waals surface area contributed by atoms with Gasteiger partial charge in [-0.2, -0.15) is 0 Å². The Morgan fingerprint density at radius 3 is 2.84 bits per heavy atom. The monoisotopic (exact) mass is 368 g/mol. The molecular formula is C18H16N4OS2. The zero-order valence-electron chi connectivity index (χ0n) is 13.8.